The van der Waals surface area contributed by atoms with Crippen LogP contribution in [0, 0.1) is 13.8 Å². The van der Waals surface area contributed by atoms with E-state index in [2.05, 4.69) is 35.9 Å². The number of aromatic nitrogens is 2. The third-order valence-corrected chi connectivity index (χ3v) is 3.67. The molecule has 0 saturated carbocycles. The van der Waals surface area contributed by atoms with Crippen LogP contribution in [0.5, 0.6) is 0 Å². The minimum absolute atomic E-state index is 0.640. The van der Waals surface area contributed by atoms with Gasteiger partial charge in [-0.15, -0.1) is 0 Å². The van der Waals surface area contributed by atoms with Gasteiger partial charge in [0.2, 0.25) is 0 Å². The van der Waals surface area contributed by atoms with Gasteiger partial charge in [-0.1, -0.05) is 11.6 Å². The molecule has 3 rings (SSSR count). The highest BCUT2D eigenvalue weighted by molar-refractivity contribution is 6.33. The molecule has 1 heterocycles. The van der Waals surface area contributed by atoms with Gasteiger partial charge < -0.3 is 10.7 Å². The van der Waals surface area contributed by atoms with Gasteiger partial charge in [-0.3, -0.25) is 0 Å². The van der Waals surface area contributed by atoms with Gasteiger partial charge in [-0.05, 0) is 55.3 Å². The van der Waals surface area contributed by atoms with Crippen molar-refractivity contribution < 1.29 is 0 Å². The van der Waals surface area contributed by atoms with E-state index in [-0.39, 0.29) is 0 Å². The first-order valence-electron chi connectivity index (χ1n) is 6.07. The van der Waals surface area contributed by atoms with E-state index in [0.29, 0.717) is 10.7 Å². The average Bonchev–Trinajstić information content (AvgIpc) is 2.75. The number of anilines is 1. The van der Waals surface area contributed by atoms with Crippen molar-refractivity contribution in [2.24, 2.45) is 0 Å². The lowest BCUT2D eigenvalue weighted by Gasteiger charge is -2.01. The second kappa shape index (κ2) is 4.28. The second-order valence-electron chi connectivity index (χ2n) is 4.78. The lowest BCUT2D eigenvalue weighted by molar-refractivity contribution is 1.34. The molecule has 0 aliphatic heterocycles. The Bertz CT molecular complexity index is 735. The Balaban J connectivity index is 2.23. The summed E-state index contributed by atoms with van der Waals surface area (Å²) in [5.41, 5.74) is 11.7. The Kier molecular flexibility index (Phi) is 2.72. The van der Waals surface area contributed by atoms with Gasteiger partial charge in [-0.25, -0.2) is 4.98 Å². The molecule has 3 N–H and O–H groups in total. The highest BCUT2D eigenvalue weighted by atomic mass is 35.5. The number of nitrogens with one attached hydrogen (secondary N) is 1. The van der Waals surface area contributed by atoms with Crippen molar-refractivity contribution in [3.05, 3.63) is 46.5 Å². The zero-order valence-corrected chi connectivity index (χ0v) is 11.5. The van der Waals surface area contributed by atoms with Crippen molar-refractivity contribution >= 4 is 28.3 Å². The third-order valence-electron chi connectivity index (χ3n) is 3.34. The molecule has 0 bridgehead atoms. The van der Waals surface area contributed by atoms with Crippen molar-refractivity contribution in [3.63, 3.8) is 0 Å². The van der Waals surface area contributed by atoms with Crippen LogP contribution in [0.1, 0.15) is 11.1 Å². The van der Waals surface area contributed by atoms with Gasteiger partial charge in [0.1, 0.15) is 5.82 Å². The molecule has 96 valence electrons. The first kappa shape index (κ1) is 12.1. The lowest BCUT2D eigenvalue weighted by atomic mass is 10.1. The molecule has 0 aliphatic carbocycles. The molecule has 0 spiro atoms. The number of fused-ring (bicyclic) bond motifs is 1. The van der Waals surface area contributed by atoms with Crippen molar-refractivity contribution in [1.82, 2.24) is 9.97 Å². The quantitative estimate of drug-likeness (QED) is 0.655. The predicted octanol–water partition coefficient (Wildman–Crippen LogP) is 4.08. The van der Waals surface area contributed by atoms with Crippen LogP contribution in [0.25, 0.3) is 22.4 Å². The van der Waals surface area contributed by atoms with E-state index < -0.39 is 0 Å². The third kappa shape index (κ3) is 2.06. The van der Waals surface area contributed by atoms with Crippen molar-refractivity contribution in [2.75, 3.05) is 5.73 Å². The molecule has 3 aromatic rings. The maximum Gasteiger partial charge on any atom is 0.140 e. The SMILES string of the molecule is Cc1cc2nc(-c3cc(N)ccc3Cl)[nH]c2cc1C. The molecule has 0 fully saturated rings. The fourth-order valence-corrected chi connectivity index (χ4v) is 2.33. The number of imidazole rings is 1. The normalized spacial score (nSPS) is 11.1. The molecule has 4 heteroatoms. The molecule has 0 unspecified atom stereocenters. The molecule has 2 aromatic carbocycles. The number of hydrogen-bond donors (Lipinski definition) is 2. The largest absolute Gasteiger partial charge is 0.399 e. The van der Waals surface area contributed by atoms with Crippen LogP contribution in [0.2, 0.25) is 5.02 Å². The van der Waals surface area contributed by atoms with Crippen LogP contribution in [0.15, 0.2) is 30.3 Å². The van der Waals surface area contributed by atoms with E-state index in [9.17, 15) is 0 Å². The van der Waals surface area contributed by atoms with Crippen LogP contribution in [-0.4, -0.2) is 9.97 Å². The van der Waals surface area contributed by atoms with Crippen LogP contribution in [0.3, 0.4) is 0 Å². The topological polar surface area (TPSA) is 54.7 Å². The second-order valence-corrected chi connectivity index (χ2v) is 5.19. The monoisotopic (exact) mass is 271 g/mol. The number of halogens is 1. The Hall–Kier alpha value is -2.00. The minimum atomic E-state index is 0.640. The number of aromatic amines is 1. The van der Waals surface area contributed by atoms with E-state index in [1.165, 1.54) is 11.1 Å². The maximum absolute atomic E-state index is 6.21. The number of H-pyrrole nitrogens is 1. The molecule has 3 nitrogen and oxygen atoms in total. The van der Waals surface area contributed by atoms with E-state index in [4.69, 9.17) is 17.3 Å². The zero-order valence-electron chi connectivity index (χ0n) is 10.8. The molecule has 0 radical (unpaired) electrons. The number of hydrogen-bond acceptors (Lipinski definition) is 2. The van der Waals surface area contributed by atoms with E-state index >= 15 is 0 Å². The molecule has 0 saturated heterocycles. The predicted molar refractivity (Wildman–Crippen MR) is 80.4 cm³/mol. The molecule has 1 aromatic heterocycles. The van der Waals surface area contributed by atoms with Gasteiger partial charge in [0.15, 0.2) is 0 Å². The van der Waals surface area contributed by atoms with Crippen molar-refractivity contribution in [2.45, 2.75) is 13.8 Å². The summed E-state index contributed by atoms with van der Waals surface area (Å²) >= 11 is 6.21. The van der Waals surface area contributed by atoms with Gasteiger partial charge in [0.25, 0.3) is 0 Å². The molecule has 19 heavy (non-hydrogen) atoms. The summed E-state index contributed by atoms with van der Waals surface area (Å²) in [6.07, 6.45) is 0. The van der Waals surface area contributed by atoms with Crippen LogP contribution < -0.4 is 5.73 Å². The molecule has 0 amide bonds. The fraction of sp³-hybridized carbons (Fsp3) is 0.133. The number of rotatable bonds is 1. The summed E-state index contributed by atoms with van der Waals surface area (Å²) in [6.45, 7) is 4.17. The van der Waals surface area contributed by atoms with Crippen molar-refractivity contribution in [1.29, 1.82) is 0 Å². The van der Waals surface area contributed by atoms with Gasteiger partial charge in [0, 0.05) is 11.3 Å². The van der Waals surface area contributed by atoms with E-state index in [1.807, 2.05) is 6.07 Å². The lowest BCUT2D eigenvalue weighted by Crippen LogP contribution is -1.87. The van der Waals surface area contributed by atoms with Gasteiger partial charge in [0.05, 0.1) is 16.1 Å². The standard InChI is InChI=1S/C15H14ClN3/c1-8-5-13-14(6-9(8)2)19-15(18-13)11-7-10(17)3-4-12(11)16/h3-7H,17H2,1-2H3,(H,18,19). The first-order chi connectivity index (χ1) is 9.04. The number of benzene rings is 2. The van der Waals surface area contributed by atoms with E-state index in [0.717, 1.165) is 22.4 Å². The Labute approximate surface area is 116 Å². The number of aryl methyl sites for hydroxylation is 2. The number of nitrogen functional groups attached to an aromatic ring is 1. The smallest absolute Gasteiger partial charge is 0.140 e. The Morgan fingerprint density at radius 1 is 1.11 bits per heavy atom. The van der Waals surface area contributed by atoms with Crippen molar-refractivity contribution in [3.8, 4) is 11.4 Å². The van der Waals surface area contributed by atoms with Crippen LogP contribution >= 0.6 is 11.6 Å². The van der Waals surface area contributed by atoms with E-state index in [1.54, 1.807) is 12.1 Å². The molecular weight excluding hydrogens is 258 g/mol. The molecule has 0 aliphatic rings. The highest BCUT2D eigenvalue weighted by Gasteiger charge is 2.10. The summed E-state index contributed by atoms with van der Waals surface area (Å²) in [6, 6.07) is 9.57. The van der Waals surface area contributed by atoms with Crippen LogP contribution in [-0.2, 0) is 0 Å². The summed E-state index contributed by atoms with van der Waals surface area (Å²) in [7, 11) is 0. The van der Waals surface area contributed by atoms with Gasteiger partial charge in [-0.2, -0.15) is 0 Å². The zero-order chi connectivity index (χ0) is 13.6. The Morgan fingerprint density at radius 2 is 1.84 bits per heavy atom. The van der Waals surface area contributed by atoms with Crippen LogP contribution in [0.4, 0.5) is 5.69 Å². The average molecular weight is 272 g/mol. The molecule has 0 atom stereocenters. The highest BCUT2D eigenvalue weighted by Crippen LogP contribution is 2.29. The summed E-state index contributed by atoms with van der Waals surface area (Å²) in [5, 5.41) is 0.640. The summed E-state index contributed by atoms with van der Waals surface area (Å²) < 4.78 is 0. The minimum Gasteiger partial charge on any atom is -0.399 e. The Morgan fingerprint density at radius 3 is 2.63 bits per heavy atom. The number of nitrogens with two attached hydrogens (primary N) is 1. The summed E-state index contributed by atoms with van der Waals surface area (Å²) in [4.78, 5) is 7.89. The fourth-order valence-electron chi connectivity index (χ4n) is 2.12. The summed E-state index contributed by atoms with van der Waals surface area (Å²) in [5.74, 6) is 0.748. The number of nitrogens with zero attached hydrogens (tertiary/aromatic N) is 1. The first-order valence-corrected chi connectivity index (χ1v) is 6.45. The maximum atomic E-state index is 6.21. The molecular formula is C15H14ClN3. The van der Waals surface area contributed by atoms with Gasteiger partial charge >= 0.3 is 0 Å².